The second-order valence-corrected chi connectivity index (χ2v) is 6.35. The van der Waals surface area contributed by atoms with Gasteiger partial charge in [0.05, 0.1) is 6.42 Å². The molecule has 0 saturated heterocycles. The third-order valence-electron chi connectivity index (χ3n) is 4.43. The number of hydrogen-bond acceptors (Lipinski definition) is 1. The Labute approximate surface area is 132 Å². The summed E-state index contributed by atoms with van der Waals surface area (Å²) in [7, 11) is 0. The predicted octanol–water partition coefficient (Wildman–Crippen LogP) is 4.36. The quantitative estimate of drug-likeness (QED) is 0.895. The van der Waals surface area contributed by atoms with Crippen molar-refractivity contribution in [1.82, 2.24) is 0 Å². The van der Waals surface area contributed by atoms with Crippen molar-refractivity contribution in [2.45, 2.75) is 46.0 Å². The monoisotopic (exact) mass is 293 g/mol. The van der Waals surface area contributed by atoms with Crippen LogP contribution in [0.15, 0.2) is 36.4 Å². The first-order valence-electron chi connectivity index (χ1n) is 8.09. The molecular formula is C20H23NO. The van der Waals surface area contributed by atoms with E-state index < -0.39 is 0 Å². The Kier molecular flexibility index (Phi) is 4.28. The van der Waals surface area contributed by atoms with Gasteiger partial charge >= 0.3 is 0 Å². The summed E-state index contributed by atoms with van der Waals surface area (Å²) >= 11 is 0. The van der Waals surface area contributed by atoms with Crippen LogP contribution in [0.5, 0.6) is 0 Å². The van der Waals surface area contributed by atoms with Gasteiger partial charge in [-0.2, -0.15) is 0 Å². The summed E-state index contributed by atoms with van der Waals surface area (Å²) in [5.74, 6) is 0.0581. The Morgan fingerprint density at radius 2 is 1.77 bits per heavy atom. The molecule has 1 aliphatic rings. The molecule has 0 aromatic heterocycles. The van der Waals surface area contributed by atoms with Gasteiger partial charge in [0.1, 0.15) is 0 Å². The van der Waals surface area contributed by atoms with Gasteiger partial charge < -0.3 is 5.32 Å². The number of aryl methyl sites for hydroxylation is 4. The van der Waals surface area contributed by atoms with Crippen molar-refractivity contribution < 1.29 is 4.79 Å². The maximum absolute atomic E-state index is 12.3. The third kappa shape index (κ3) is 3.38. The van der Waals surface area contributed by atoms with Gasteiger partial charge in [0.15, 0.2) is 0 Å². The number of fused-ring (bicyclic) bond motifs is 1. The largest absolute Gasteiger partial charge is 0.326 e. The molecule has 0 fully saturated rings. The van der Waals surface area contributed by atoms with Crippen molar-refractivity contribution in [2.75, 3.05) is 5.32 Å². The van der Waals surface area contributed by atoms with Crippen LogP contribution in [0.3, 0.4) is 0 Å². The highest BCUT2D eigenvalue weighted by Crippen LogP contribution is 2.23. The van der Waals surface area contributed by atoms with Gasteiger partial charge in [-0.1, -0.05) is 35.9 Å². The second kappa shape index (κ2) is 6.35. The van der Waals surface area contributed by atoms with E-state index in [1.807, 2.05) is 19.1 Å². The zero-order valence-electron chi connectivity index (χ0n) is 13.4. The molecule has 0 bridgehead atoms. The lowest BCUT2D eigenvalue weighted by Gasteiger charge is -2.16. The number of anilines is 1. The van der Waals surface area contributed by atoms with E-state index in [0.717, 1.165) is 23.2 Å². The van der Waals surface area contributed by atoms with Crippen LogP contribution in [0, 0.1) is 13.8 Å². The van der Waals surface area contributed by atoms with Crippen LogP contribution in [-0.2, 0) is 24.1 Å². The molecule has 0 unspecified atom stereocenters. The fraction of sp³-hybridized carbons (Fsp3) is 0.350. The van der Waals surface area contributed by atoms with E-state index >= 15 is 0 Å². The van der Waals surface area contributed by atoms with E-state index in [4.69, 9.17) is 0 Å². The topological polar surface area (TPSA) is 29.1 Å². The number of hydrogen-bond donors (Lipinski definition) is 1. The number of amides is 1. The van der Waals surface area contributed by atoms with Crippen LogP contribution in [-0.4, -0.2) is 5.91 Å². The first-order chi connectivity index (χ1) is 10.6. The summed E-state index contributed by atoms with van der Waals surface area (Å²) in [6.45, 7) is 4.09. The van der Waals surface area contributed by atoms with E-state index in [-0.39, 0.29) is 5.91 Å². The molecule has 1 amide bonds. The molecule has 2 aromatic carbocycles. The standard InChI is InChI=1S/C20H23NO/c1-14-7-10-19(15(2)11-14)21-20(22)13-16-8-9-17-5-3-4-6-18(17)12-16/h7-12H,3-6,13H2,1-2H3,(H,21,22). The summed E-state index contributed by atoms with van der Waals surface area (Å²) in [5.41, 5.74) is 7.24. The molecule has 22 heavy (non-hydrogen) atoms. The molecule has 0 atom stereocenters. The Balaban J connectivity index is 1.69. The lowest BCUT2D eigenvalue weighted by atomic mass is 9.90. The van der Waals surface area contributed by atoms with E-state index in [0.29, 0.717) is 6.42 Å². The molecule has 2 nitrogen and oxygen atoms in total. The maximum Gasteiger partial charge on any atom is 0.228 e. The van der Waals surface area contributed by atoms with E-state index in [1.165, 1.54) is 36.0 Å². The molecule has 0 saturated carbocycles. The van der Waals surface area contributed by atoms with Crippen molar-refractivity contribution in [3.63, 3.8) is 0 Å². The van der Waals surface area contributed by atoms with Gasteiger partial charge in [0.2, 0.25) is 5.91 Å². The van der Waals surface area contributed by atoms with E-state index in [1.54, 1.807) is 0 Å². The van der Waals surface area contributed by atoms with Gasteiger partial charge in [0, 0.05) is 5.69 Å². The fourth-order valence-electron chi connectivity index (χ4n) is 3.23. The summed E-state index contributed by atoms with van der Waals surface area (Å²) < 4.78 is 0. The summed E-state index contributed by atoms with van der Waals surface area (Å²) in [6.07, 6.45) is 5.34. The van der Waals surface area contributed by atoms with Crippen LogP contribution in [0.1, 0.15) is 40.7 Å². The van der Waals surface area contributed by atoms with Crippen molar-refractivity contribution in [3.05, 3.63) is 64.2 Å². The summed E-state index contributed by atoms with van der Waals surface area (Å²) in [4.78, 5) is 12.3. The molecule has 1 aliphatic carbocycles. The first kappa shape index (κ1) is 14.8. The van der Waals surface area contributed by atoms with Crippen LogP contribution < -0.4 is 5.32 Å². The molecule has 0 aliphatic heterocycles. The van der Waals surface area contributed by atoms with Gasteiger partial charge in [-0.15, -0.1) is 0 Å². The van der Waals surface area contributed by atoms with Crippen LogP contribution in [0.25, 0.3) is 0 Å². The molecule has 0 spiro atoms. The second-order valence-electron chi connectivity index (χ2n) is 6.35. The van der Waals surface area contributed by atoms with Gasteiger partial charge in [0.25, 0.3) is 0 Å². The summed E-state index contributed by atoms with van der Waals surface area (Å²) in [6, 6.07) is 12.6. The SMILES string of the molecule is Cc1ccc(NC(=O)Cc2ccc3c(c2)CCCC3)c(C)c1. The van der Waals surface area contributed by atoms with Crippen LogP contribution >= 0.6 is 0 Å². The number of benzene rings is 2. The Hall–Kier alpha value is -2.09. The van der Waals surface area contributed by atoms with Crippen LogP contribution in [0.2, 0.25) is 0 Å². The zero-order chi connectivity index (χ0) is 15.5. The Morgan fingerprint density at radius 1 is 1.00 bits per heavy atom. The molecule has 3 rings (SSSR count). The highest BCUT2D eigenvalue weighted by Gasteiger charge is 2.11. The molecule has 0 heterocycles. The fourth-order valence-corrected chi connectivity index (χ4v) is 3.23. The van der Waals surface area contributed by atoms with Crippen molar-refractivity contribution in [2.24, 2.45) is 0 Å². The van der Waals surface area contributed by atoms with E-state index in [2.05, 4.69) is 36.5 Å². The minimum atomic E-state index is 0.0581. The molecule has 0 radical (unpaired) electrons. The first-order valence-corrected chi connectivity index (χ1v) is 8.09. The maximum atomic E-state index is 12.3. The Morgan fingerprint density at radius 3 is 2.55 bits per heavy atom. The minimum Gasteiger partial charge on any atom is -0.326 e. The molecule has 1 N–H and O–H groups in total. The predicted molar refractivity (Wildman–Crippen MR) is 91.3 cm³/mol. The van der Waals surface area contributed by atoms with Crippen molar-refractivity contribution in [1.29, 1.82) is 0 Å². The molecule has 2 heteroatoms. The Bertz CT molecular complexity index is 703. The van der Waals surface area contributed by atoms with Gasteiger partial charge in [-0.3, -0.25) is 4.79 Å². The van der Waals surface area contributed by atoms with Gasteiger partial charge in [-0.25, -0.2) is 0 Å². The number of carbonyl (C=O) groups excluding carboxylic acids is 1. The van der Waals surface area contributed by atoms with Gasteiger partial charge in [-0.05, 0) is 67.9 Å². The smallest absolute Gasteiger partial charge is 0.228 e. The minimum absolute atomic E-state index is 0.0581. The number of carbonyl (C=O) groups is 1. The van der Waals surface area contributed by atoms with Crippen molar-refractivity contribution in [3.8, 4) is 0 Å². The zero-order valence-corrected chi connectivity index (χ0v) is 13.4. The highest BCUT2D eigenvalue weighted by molar-refractivity contribution is 5.93. The van der Waals surface area contributed by atoms with Crippen LogP contribution in [0.4, 0.5) is 5.69 Å². The lowest BCUT2D eigenvalue weighted by molar-refractivity contribution is -0.115. The van der Waals surface area contributed by atoms with Crippen molar-refractivity contribution >= 4 is 11.6 Å². The molecule has 114 valence electrons. The highest BCUT2D eigenvalue weighted by atomic mass is 16.1. The lowest BCUT2D eigenvalue weighted by Crippen LogP contribution is -2.15. The molecule has 2 aromatic rings. The third-order valence-corrected chi connectivity index (χ3v) is 4.43. The number of rotatable bonds is 3. The molecular weight excluding hydrogens is 270 g/mol. The number of nitrogens with one attached hydrogen (secondary N) is 1. The normalized spacial score (nSPS) is 13.5. The average Bonchev–Trinajstić information content (AvgIpc) is 2.50. The summed E-state index contributed by atoms with van der Waals surface area (Å²) in [5, 5.41) is 3.03. The van der Waals surface area contributed by atoms with E-state index in [9.17, 15) is 4.79 Å². The average molecular weight is 293 g/mol.